The number of thioether (sulfide) groups is 2. The fraction of sp³-hybridized carbons (Fsp3) is 0.143. The normalized spacial score (nSPS) is 9.76. The summed E-state index contributed by atoms with van der Waals surface area (Å²) in [5.74, 6) is 13.6. The standard InChI is InChI=1S/C28H22O4S2/c1-19(29)33-24-12-7-21(8-13-24)5-6-23-17-27(31-3)26(28(18-23)32-4)16-11-22-9-14-25(15-10-22)34-20(2)30/h7-10,12-15,17-18H,1-4H3. The van der Waals surface area contributed by atoms with E-state index in [1.54, 1.807) is 21.1 Å². The summed E-state index contributed by atoms with van der Waals surface area (Å²) in [6, 6.07) is 18.7. The summed E-state index contributed by atoms with van der Waals surface area (Å²) in [6.07, 6.45) is 0. The SMILES string of the molecule is COc1cc(C#Cc2ccc(SC(C)=O)cc2)cc(OC)c1C#Cc1ccc(SC(C)=O)cc1. The van der Waals surface area contributed by atoms with Crippen molar-refractivity contribution in [2.24, 2.45) is 0 Å². The maximum Gasteiger partial charge on any atom is 0.190 e. The predicted molar refractivity (Wildman–Crippen MR) is 137 cm³/mol. The molecule has 0 N–H and O–H groups in total. The van der Waals surface area contributed by atoms with E-state index in [9.17, 15) is 9.59 Å². The molecule has 0 saturated heterocycles. The van der Waals surface area contributed by atoms with E-state index in [1.807, 2.05) is 60.7 Å². The fourth-order valence-electron chi connectivity index (χ4n) is 2.93. The Bertz CT molecular complexity index is 1290. The van der Waals surface area contributed by atoms with Crippen LogP contribution in [-0.4, -0.2) is 24.5 Å². The van der Waals surface area contributed by atoms with Gasteiger partial charge in [0.25, 0.3) is 0 Å². The summed E-state index contributed by atoms with van der Waals surface area (Å²) in [6.45, 7) is 3.08. The van der Waals surface area contributed by atoms with Crippen molar-refractivity contribution in [3.8, 4) is 35.2 Å². The highest BCUT2D eigenvalue weighted by Gasteiger charge is 2.10. The van der Waals surface area contributed by atoms with Crippen LogP contribution < -0.4 is 9.47 Å². The molecule has 0 atom stereocenters. The highest BCUT2D eigenvalue weighted by Crippen LogP contribution is 2.30. The number of hydrogen-bond donors (Lipinski definition) is 0. The molecule has 0 amide bonds. The van der Waals surface area contributed by atoms with Gasteiger partial charge in [-0.15, -0.1) is 0 Å². The fourth-order valence-corrected chi connectivity index (χ4v) is 4.14. The Balaban J connectivity index is 1.86. The van der Waals surface area contributed by atoms with Crippen LogP contribution in [0.25, 0.3) is 0 Å². The van der Waals surface area contributed by atoms with E-state index in [2.05, 4.69) is 23.7 Å². The highest BCUT2D eigenvalue weighted by atomic mass is 32.2. The van der Waals surface area contributed by atoms with Gasteiger partial charge in [-0.2, -0.15) is 0 Å². The second-order valence-corrected chi connectivity index (χ2v) is 9.49. The lowest BCUT2D eigenvalue weighted by Crippen LogP contribution is -1.95. The molecule has 0 aliphatic rings. The van der Waals surface area contributed by atoms with E-state index in [0.29, 0.717) is 17.1 Å². The van der Waals surface area contributed by atoms with Crippen molar-refractivity contribution < 1.29 is 19.1 Å². The molecule has 0 spiro atoms. The van der Waals surface area contributed by atoms with Gasteiger partial charge >= 0.3 is 0 Å². The van der Waals surface area contributed by atoms with Crippen LogP contribution in [0.5, 0.6) is 11.5 Å². The summed E-state index contributed by atoms with van der Waals surface area (Å²) >= 11 is 2.38. The van der Waals surface area contributed by atoms with Crippen molar-refractivity contribution in [3.05, 3.63) is 82.9 Å². The second kappa shape index (κ2) is 12.0. The molecule has 3 aromatic carbocycles. The maximum atomic E-state index is 11.2. The van der Waals surface area contributed by atoms with Gasteiger partial charge in [0.15, 0.2) is 10.2 Å². The third-order valence-corrected chi connectivity index (χ3v) is 6.01. The Hall–Kier alpha value is -3.58. The summed E-state index contributed by atoms with van der Waals surface area (Å²) in [4.78, 5) is 24.2. The molecule has 0 aliphatic heterocycles. The number of carbonyl (C=O) groups is 2. The third kappa shape index (κ3) is 7.22. The minimum Gasteiger partial charge on any atom is -0.495 e. The molecule has 6 heteroatoms. The molecule has 34 heavy (non-hydrogen) atoms. The van der Waals surface area contributed by atoms with Crippen LogP contribution in [0.1, 0.15) is 36.1 Å². The van der Waals surface area contributed by atoms with Crippen molar-refractivity contribution in [3.63, 3.8) is 0 Å². The molecular formula is C28H22O4S2. The molecule has 170 valence electrons. The lowest BCUT2D eigenvalue weighted by Gasteiger charge is -2.09. The van der Waals surface area contributed by atoms with Crippen LogP contribution in [-0.2, 0) is 9.59 Å². The lowest BCUT2D eigenvalue weighted by atomic mass is 10.1. The van der Waals surface area contributed by atoms with Crippen LogP contribution in [0, 0.1) is 23.7 Å². The Morgan fingerprint density at radius 2 is 1.00 bits per heavy atom. The summed E-state index contributed by atoms with van der Waals surface area (Å²) < 4.78 is 11.1. The van der Waals surface area contributed by atoms with E-state index in [1.165, 1.54) is 30.4 Å². The van der Waals surface area contributed by atoms with Crippen molar-refractivity contribution in [1.29, 1.82) is 0 Å². The van der Waals surface area contributed by atoms with Crippen LogP contribution >= 0.6 is 23.5 Å². The van der Waals surface area contributed by atoms with Crippen LogP contribution in [0.15, 0.2) is 70.5 Å². The Kier molecular flexibility index (Phi) is 8.87. The average Bonchev–Trinajstić information content (AvgIpc) is 2.82. The van der Waals surface area contributed by atoms with Gasteiger partial charge in [-0.3, -0.25) is 9.59 Å². The second-order valence-electron chi connectivity index (χ2n) is 6.99. The molecule has 0 aliphatic carbocycles. The van der Waals surface area contributed by atoms with E-state index >= 15 is 0 Å². The van der Waals surface area contributed by atoms with E-state index < -0.39 is 0 Å². The summed E-state index contributed by atoms with van der Waals surface area (Å²) in [7, 11) is 3.16. The molecule has 0 radical (unpaired) electrons. The average molecular weight is 487 g/mol. The van der Waals surface area contributed by atoms with Crippen LogP contribution in [0.2, 0.25) is 0 Å². The van der Waals surface area contributed by atoms with Crippen LogP contribution in [0.4, 0.5) is 0 Å². The minimum atomic E-state index is 0.0421. The maximum absolute atomic E-state index is 11.2. The number of hydrogen-bond acceptors (Lipinski definition) is 6. The zero-order valence-corrected chi connectivity index (χ0v) is 20.9. The van der Waals surface area contributed by atoms with E-state index in [0.717, 1.165) is 26.5 Å². The zero-order valence-electron chi connectivity index (χ0n) is 19.2. The largest absolute Gasteiger partial charge is 0.495 e. The smallest absolute Gasteiger partial charge is 0.190 e. The zero-order chi connectivity index (χ0) is 24.5. The van der Waals surface area contributed by atoms with Gasteiger partial charge in [0.1, 0.15) is 17.1 Å². The quantitative estimate of drug-likeness (QED) is 0.344. The monoisotopic (exact) mass is 486 g/mol. The van der Waals surface area contributed by atoms with E-state index in [-0.39, 0.29) is 10.2 Å². The third-order valence-electron chi connectivity index (χ3n) is 4.42. The Morgan fingerprint density at radius 3 is 1.38 bits per heavy atom. The molecule has 4 nitrogen and oxygen atoms in total. The molecule has 0 unspecified atom stereocenters. The first-order chi connectivity index (χ1) is 16.4. The van der Waals surface area contributed by atoms with Crippen molar-refractivity contribution in [2.75, 3.05) is 14.2 Å². The highest BCUT2D eigenvalue weighted by molar-refractivity contribution is 8.13. The predicted octanol–water partition coefficient (Wildman–Crippen LogP) is 5.78. The number of carbonyl (C=O) groups excluding carboxylic acids is 2. The molecule has 3 aromatic rings. The van der Waals surface area contributed by atoms with E-state index in [4.69, 9.17) is 9.47 Å². The molecule has 0 heterocycles. The Morgan fingerprint density at radius 1 is 0.618 bits per heavy atom. The molecular weight excluding hydrogens is 464 g/mol. The molecule has 0 aromatic heterocycles. The van der Waals surface area contributed by atoms with Crippen molar-refractivity contribution >= 4 is 33.8 Å². The van der Waals surface area contributed by atoms with Gasteiger partial charge in [0.2, 0.25) is 0 Å². The topological polar surface area (TPSA) is 52.6 Å². The minimum absolute atomic E-state index is 0.0421. The summed E-state index contributed by atoms with van der Waals surface area (Å²) in [5, 5.41) is 0.0886. The molecule has 0 fully saturated rings. The Labute approximate surface area is 208 Å². The van der Waals surface area contributed by atoms with Gasteiger partial charge in [0, 0.05) is 40.3 Å². The van der Waals surface area contributed by atoms with Gasteiger partial charge in [-0.25, -0.2) is 0 Å². The van der Waals surface area contributed by atoms with Gasteiger partial charge in [0.05, 0.1) is 14.2 Å². The van der Waals surface area contributed by atoms with Crippen molar-refractivity contribution in [2.45, 2.75) is 23.6 Å². The number of ether oxygens (including phenoxy) is 2. The van der Waals surface area contributed by atoms with Gasteiger partial charge in [-0.05, 0) is 60.7 Å². The first-order valence-electron chi connectivity index (χ1n) is 10.2. The first-order valence-corrected chi connectivity index (χ1v) is 11.9. The van der Waals surface area contributed by atoms with Crippen molar-refractivity contribution in [1.82, 2.24) is 0 Å². The first kappa shape index (κ1) is 25.1. The number of rotatable bonds is 4. The number of benzene rings is 3. The molecule has 0 saturated carbocycles. The molecule has 0 bridgehead atoms. The van der Waals surface area contributed by atoms with Gasteiger partial charge in [-0.1, -0.05) is 47.2 Å². The summed E-state index contributed by atoms with van der Waals surface area (Å²) in [5.41, 5.74) is 3.00. The van der Waals surface area contributed by atoms with Gasteiger partial charge < -0.3 is 9.47 Å². The van der Waals surface area contributed by atoms with Crippen LogP contribution in [0.3, 0.4) is 0 Å². The number of methoxy groups -OCH3 is 2. The lowest BCUT2D eigenvalue weighted by molar-refractivity contribution is -0.109. The molecule has 3 rings (SSSR count).